The zero-order chi connectivity index (χ0) is 14.5. The summed E-state index contributed by atoms with van der Waals surface area (Å²) in [6.07, 6.45) is 2.03. The molecule has 104 valence electrons. The maximum Gasteiger partial charge on any atom is 0.126 e. The van der Waals surface area contributed by atoms with Gasteiger partial charge in [-0.05, 0) is 35.4 Å². The van der Waals surface area contributed by atoms with E-state index in [4.69, 9.17) is 27.9 Å². The van der Waals surface area contributed by atoms with Crippen molar-refractivity contribution in [2.45, 2.75) is 0 Å². The molecule has 2 aromatic rings. The highest BCUT2D eigenvalue weighted by molar-refractivity contribution is 9.09. The van der Waals surface area contributed by atoms with Gasteiger partial charge in [-0.3, -0.25) is 0 Å². The highest BCUT2D eigenvalue weighted by Gasteiger charge is 2.08. The van der Waals surface area contributed by atoms with E-state index in [0.717, 1.165) is 22.4 Å². The zero-order valence-corrected chi connectivity index (χ0v) is 14.0. The number of ether oxygens (including phenoxy) is 1. The molecule has 0 radical (unpaired) electrons. The summed E-state index contributed by atoms with van der Waals surface area (Å²) in [5.41, 5.74) is 3.06. The van der Waals surface area contributed by atoms with E-state index in [-0.39, 0.29) is 0 Å². The maximum absolute atomic E-state index is 6.22. The van der Waals surface area contributed by atoms with Gasteiger partial charge in [-0.25, -0.2) is 0 Å². The third kappa shape index (κ3) is 3.57. The van der Waals surface area contributed by atoms with Crippen LogP contribution in [0.5, 0.6) is 5.75 Å². The molecule has 0 bridgehead atoms. The van der Waals surface area contributed by atoms with Crippen molar-refractivity contribution in [1.82, 2.24) is 0 Å². The summed E-state index contributed by atoms with van der Waals surface area (Å²) in [5, 5.41) is 1.96. The van der Waals surface area contributed by atoms with Crippen molar-refractivity contribution in [3.63, 3.8) is 0 Å². The maximum atomic E-state index is 6.22. The average Bonchev–Trinajstić information content (AvgIpc) is 2.46. The molecule has 0 spiro atoms. The summed E-state index contributed by atoms with van der Waals surface area (Å²) in [4.78, 5) is 0. The van der Waals surface area contributed by atoms with E-state index in [2.05, 4.69) is 15.9 Å². The molecule has 0 aliphatic rings. The van der Waals surface area contributed by atoms with E-state index >= 15 is 0 Å². The number of halogens is 3. The first-order valence-corrected chi connectivity index (χ1v) is 7.88. The van der Waals surface area contributed by atoms with E-state index in [0.29, 0.717) is 15.4 Å². The van der Waals surface area contributed by atoms with Crippen LogP contribution < -0.4 is 4.74 Å². The van der Waals surface area contributed by atoms with E-state index in [1.165, 1.54) is 0 Å². The second kappa shape index (κ2) is 7.16. The van der Waals surface area contributed by atoms with Crippen LogP contribution >= 0.6 is 39.1 Å². The van der Waals surface area contributed by atoms with Gasteiger partial charge in [-0.15, -0.1) is 0 Å². The Balaban J connectivity index is 2.48. The molecule has 0 aliphatic carbocycles. The van der Waals surface area contributed by atoms with Gasteiger partial charge in [-0.1, -0.05) is 63.4 Å². The van der Waals surface area contributed by atoms with Gasteiger partial charge < -0.3 is 4.74 Å². The summed E-state index contributed by atoms with van der Waals surface area (Å²) in [7, 11) is 1.67. The van der Waals surface area contributed by atoms with Crippen LogP contribution in [0.4, 0.5) is 0 Å². The van der Waals surface area contributed by atoms with Gasteiger partial charge in [0.05, 0.1) is 7.11 Å². The second-order valence-electron chi connectivity index (χ2n) is 4.17. The second-order valence-corrected chi connectivity index (χ2v) is 5.57. The fourth-order valence-corrected chi connectivity index (χ4v) is 2.83. The normalized spacial score (nSPS) is 11.5. The van der Waals surface area contributed by atoms with Crippen LogP contribution in [0.2, 0.25) is 10.0 Å². The molecule has 2 aromatic carbocycles. The minimum atomic E-state index is 0.629. The SMILES string of the molecule is COc1ccccc1C(=Cc1ccc(Cl)cc1Cl)CBr. The molecular weight excluding hydrogens is 359 g/mol. The van der Waals surface area contributed by atoms with Crippen molar-refractivity contribution in [3.8, 4) is 5.75 Å². The molecule has 0 aliphatic heterocycles. The molecule has 0 N–H and O–H groups in total. The van der Waals surface area contributed by atoms with Crippen LogP contribution in [0, 0.1) is 0 Å². The van der Waals surface area contributed by atoms with Gasteiger partial charge in [0, 0.05) is 20.9 Å². The van der Waals surface area contributed by atoms with E-state index in [1.807, 2.05) is 42.5 Å². The van der Waals surface area contributed by atoms with Crippen LogP contribution in [0.15, 0.2) is 42.5 Å². The molecule has 0 atom stereocenters. The van der Waals surface area contributed by atoms with Gasteiger partial charge >= 0.3 is 0 Å². The van der Waals surface area contributed by atoms with Crippen molar-refractivity contribution >= 4 is 50.8 Å². The van der Waals surface area contributed by atoms with Crippen LogP contribution in [0.1, 0.15) is 11.1 Å². The topological polar surface area (TPSA) is 9.23 Å². The summed E-state index contributed by atoms with van der Waals surface area (Å²) in [6, 6.07) is 13.4. The minimum Gasteiger partial charge on any atom is -0.496 e. The summed E-state index contributed by atoms with van der Waals surface area (Å²) in [6.45, 7) is 0. The Morgan fingerprint density at radius 3 is 2.60 bits per heavy atom. The molecule has 4 heteroatoms. The number of rotatable bonds is 4. The fourth-order valence-electron chi connectivity index (χ4n) is 1.90. The monoisotopic (exact) mass is 370 g/mol. The van der Waals surface area contributed by atoms with Crippen LogP contribution in [0.3, 0.4) is 0 Å². The quantitative estimate of drug-likeness (QED) is 0.477. The summed E-state index contributed by atoms with van der Waals surface area (Å²) >= 11 is 15.7. The Morgan fingerprint density at radius 1 is 1.20 bits per heavy atom. The van der Waals surface area contributed by atoms with E-state index < -0.39 is 0 Å². The molecule has 0 unspecified atom stereocenters. The van der Waals surface area contributed by atoms with Crippen LogP contribution in [-0.2, 0) is 0 Å². The molecule has 0 saturated carbocycles. The van der Waals surface area contributed by atoms with Crippen molar-refractivity contribution in [2.24, 2.45) is 0 Å². The first-order chi connectivity index (χ1) is 9.65. The number of hydrogen-bond donors (Lipinski definition) is 0. The standard InChI is InChI=1S/C16H13BrCl2O/c1-20-16-5-3-2-4-14(16)12(10-17)8-11-6-7-13(18)9-15(11)19/h2-9H,10H2,1H3. The third-order valence-corrected chi connectivity index (χ3v) is 4.06. The Hall–Kier alpha value is -0.960. The van der Waals surface area contributed by atoms with Crippen molar-refractivity contribution in [3.05, 3.63) is 63.6 Å². The van der Waals surface area contributed by atoms with Gasteiger partial charge in [-0.2, -0.15) is 0 Å². The van der Waals surface area contributed by atoms with Crippen LogP contribution in [0.25, 0.3) is 11.6 Å². The van der Waals surface area contributed by atoms with Gasteiger partial charge in [0.1, 0.15) is 5.75 Å². The van der Waals surface area contributed by atoms with E-state index in [1.54, 1.807) is 13.2 Å². The molecule has 20 heavy (non-hydrogen) atoms. The van der Waals surface area contributed by atoms with Gasteiger partial charge in [0.2, 0.25) is 0 Å². The molecule has 0 fully saturated rings. The lowest BCUT2D eigenvalue weighted by molar-refractivity contribution is 0.413. The van der Waals surface area contributed by atoms with Gasteiger partial charge in [0.15, 0.2) is 0 Å². The lowest BCUT2D eigenvalue weighted by Crippen LogP contribution is -1.92. The number of benzene rings is 2. The number of alkyl halides is 1. The molecule has 0 aromatic heterocycles. The predicted molar refractivity (Wildman–Crippen MR) is 91.1 cm³/mol. The summed E-state index contributed by atoms with van der Waals surface area (Å²) in [5.74, 6) is 0.836. The zero-order valence-electron chi connectivity index (χ0n) is 10.9. The van der Waals surface area contributed by atoms with Crippen molar-refractivity contribution < 1.29 is 4.74 Å². The average molecular weight is 372 g/mol. The Morgan fingerprint density at radius 2 is 1.95 bits per heavy atom. The number of allylic oxidation sites excluding steroid dienone is 1. The van der Waals surface area contributed by atoms with Gasteiger partial charge in [0.25, 0.3) is 0 Å². The number of hydrogen-bond acceptors (Lipinski definition) is 1. The third-order valence-electron chi connectivity index (χ3n) is 2.89. The largest absolute Gasteiger partial charge is 0.496 e. The molecular formula is C16H13BrCl2O. The minimum absolute atomic E-state index is 0.629. The first kappa shape index (κ1) is 15.4. The van der Waals surface area contributed by atoms with E-state index in [9.17, 15) is 0 Å². The smallest absolute Gasteiger partial charge is 0.126 e. The molecule has 2 rings (SSSR count). The molecule has 0 amide bonds. The number of para-hydroxylation sites is 1. The highest BCUT2D eigenvalue weighted by Crippen LogP contribution is 2.31. The highest BCUT2D eigenvalue weighted by atomic mass is 79.9. The fraction of sp³-hybridized carbons (Fsp3) is 0.125. The molecule has 0 saturated heterocycles. The first-order valence-electron chi connectivity index (χ1n) is 6.00. The van der Waals surface area contributed by atoms with Crippen molar-refractivity contribution in [1.29, 1.82) is 0 Å². The molecule has 0 heterocycles. The molecule has 1 nitrogen and oxygen atoms in total. The van der Waals surface area contributed by atoms with Crippen molar-refractivity contribution in [2.75, 3.05) is 12.4 Å². The predicted octanol–water partition coefficient (Wildman–Crippen LogP) is 5.94. The lowest BCUT2D eigenvalue weighted by Gasteiger charge is -2.10. The Bertz CT molecular complexity index is 638. The Labute approximate surface area is 137 Å². The van der Waals surface area contributed by atoms with Crippen LogP contribution in [-0.4, -0.2) is 12.4 Å². The lowest BCUT2D eigenvalue weighted by atomic mass is 10.0. The Kier molecular flexibility index (Phi) is 5.53. The summed E-state index contributed by atoms with van der Waals surface area (Å²) < 4.78 is 5.40. The number of methoxy groups -OCH3 is 1.